The van der Waals surface area contributed by atoms with Gasteiger partial charge in [-0.15, -0.1) is 0 Å². The summed E-state index contributed by atoms with van der Waals surface area (Å²) >= 11 is 0. The number of nitriles is 1. The van der Waals surface area contributed by atoms with Crippen molar-refractivity contribution in [1.82, 2.24) is 29.5 Å². The number of amides is 2. The molecule has 0 bridgehead atoms. The van der Waals surface area contributed by atoms with Gasteiger partial charge in [0.1, 0.15) is 6.07 Å². The Labute approximate surface area is 264 Å². The Morgan fingerprint density at radius 3 is 2.61 bits per heavy atom. The molecule has 238 valence electrons. The number of aryl methyl sites for hydroxylation is 1. The summed E-state index contributed by atoms with van der Waals surface area (Å²) in [5.74, 6) is -1.71. The summed E-state index contributed by atoms with van der Waals surface area (Å²) in [6.45, 7) is 6.44. The first kappa shape index (κ1) is 30.9. The molecule has 6 rings (SSSR count). The van der Waals surface area contributed by atoms with Crippen molar-refractivity contribution in [1.29, 1.82) is 5.26 Å². The summed E-state index contributed by atoms with van der Waals surface area (Å²) in [5, 5.41) is 15.2. The molecule has 2 aromatic heterocycles. The third-order valence-corrected chi connectivity index (χ3v) is 8.74. The van der Waals surface area contributed by atoms with Crippen LogP contribution in [0.1, 0.15) is 35.7 Å². The third kappa shape index (κ3) is 5.95. The number of halogens is 2. The fourth-order valence-corrected chi connectivity index (χ4v) is 6.10. The number of nitrogens with one attached hydrogen (secondary N) is 2. The van der Waals surface area contributed by atoms with Crippen molar-refractivity contribution >= 4 is 29.0 Å². The van der Waals surface area contributed by atoms with Gasteiger partial charge in [-0.05, 0) is 61.7 Å². The normalized spacial score (nSPS) is 18.1. The van der Waals surface area contributed by atoms with Crippen LogP contribution in [-0.4, -0.2) is 81.4 Å². The number of hydrogen-bond donors (Lipinski definition) is 2. The van der Waals surface area contributed by atoms with Gasteiger partial charge in [0.25, 0.3) is 5.91 Å². The van der Waals surface area contributed by atoms with Crippen molar-refractivity contribution in [2.24, 2.45) is 5.92 Å². The van der Waals surface area contributed by atoms with Gasteiger partial charge in [0.15, 0.2) is 29.6 Å². The molecule has 2 N–H and O–H groups in total. The fraction of sp³-hybridized carbons (Fsp3) is 0.364. The topological polar surface area (TPSA) is 128 Å². The molecule has 2 aliphatic heterocycles. The molecular formula is C33H34F2N8O3. The minimum atomic E-state index is -1.19. The number of ether oxygens (including phenoxy) is 1. The average molecular weight is 629 g/mol. The van der Waals surface area contributed by atoms with E-state index in [1.165, 1.54) is 24.5 Å². The zero-order valence-corrected chi connectivity index (χ0v) is 25.6. The zero-order chi connectivity index (χ0) is 32.4. The zero-order valence-electron chi connectivity index (χ0n) is 25.6. The highest BCUT2D eigenvalue weighted by molar-refractivity contribution is 5.96. The molecule has 13 heteroatoms. The average Bonchev–Trinajstić information content (AvgIpc) is 3.73. The number of anilines is 2. The van der Waals surface area contributed by atoms with Crippen LogP contribution >= 0.6 is 0 Å². The second-order valence-corrected chi connectivity index (χ2v) is 11.5. The molecule has 4 aromatic rings. The van der Waals surface area contributed by atoms with Crippen molar-refractivity contribution in [3.8, 4) is 23.1 Å². The first-order valence-corrected chi connectivity index (χ1v) is 15.3. The Morgan fingerprint density at radius 1 is 1.11 bits per heavy atom. The molecule has 0 spiro atoms. The molecule has 11 nitrogen and oxygen atoms in total. The molecule has 0 aliphatic carbocycles. The number of imidazole rings is 1. The molecule has 2 saturated heterocycles. The van der Waals surface area contributed by atoms with E-state index in [0.29, 0.717) is 60.5 Å². The molecule has 2 fully saturated rings. The van der Waals surface area contributed by atoms with Gasteiger partial charge >= 0.3 is 0 Å². The standard InChI is InChI=1S/C33H34F2N8O3/c1-3-21-17-25(38-18-21)33(45)42-13-11-41(12-14-42)32(44)23-5-4-22(16-20(23)2)40-30-31-39-19-26(43(31)10-9-37-30)24-6-7-27(46-15-8-36)29(35)28(24)34/h4-7,9-10,16,19,21,25,38H,3,11-15,17-18H2,1-2H3,(H,37,40). The highest BCUT2D eigenvalue weighted by Crippen LogP contribution is 2.32. The number of aromatic nitrogens is 3. The molecule has 2 atom stereocenters. The minimum Gasteiger partial charge on any atom is -0.476 e. The summed E-state index contributed by atoms with van der Waals surface area (Å²) in [6.07, 6.45) is 6.45. The van der Waals surface area contributed by atoms with Gasteiger partial charge in [-0.3, -0.25) is 14.0 Å². The van der Waals surface area contributed by atoms with Crippen LogP contribution in [0.5, 0.6) is 5.75 Å². The Morgan fingerprint density at radius 2 is 1.89 bits per heavy atom. The molecule has 4 heterocycles. The van der Waals surface area contributed by atoms with E-state index in [4.69, 9.17) is 10.00 Å². The quantitative estimate of drug-likeness (QED) is 0.296. The van der Waals surface area contributed by atoms with Gasteiger partial charge in [-0.2, -0.15) is 9.65 Å². The van der Waals surface area contributed by atoms with Crippen molar-refractivity contribution in [2.45, 2.75) is 32.7 Å². The fourth-order valence-electron chi connectivity index (χ4n) is 6.10. The van der Waals surface area contributed by atoms with Crippen molar-refractivity contribution in [2.75, 3.05) is 44.6 Å². The van der Waals surface area contributed by atoms with E-state index in [1.807, 2.05) is 17.9 Å². The Kier molecular flexibility index (Phi) is 8.81. The van der Waals surface area contributed by atoms with Crippen LogP contribution in [-0.2, 0) is 4.79 Å². The van der Waals surface area contributed by atoms with Crippen molar-refractivity contribution < 1.29 is 23.1 Å². The summed E-state index contributed by atoms with van der Waals surface area (Å²) in [7, 11) is 0. The molecule has 0 radical (unpaired) electrons. The monoisotopic (exact) mass is 628 g/mol. The largest absolute Gasteiger partial charge is 0.476 e. The van der Waals surface area contributed by atoms with Crippen molar-refractivity contribution in [3.63, 3.8) is 0 Å². The molecular weight excluding hydrogens is 594 g/mol. The van der Waals surface area contributed by atoms with Crippen LogP contribution in [0.25, 0.3) is 16.9 Å². The third-order valence-electron chi connectivity index (χ3n) is 8.74. The second-order valence-electron chi connectivity index (χ2n) is 11.5. The van der Waals surface area contributed by atoms with Gasteiger partial charge in [0.2, 0.25) is 11.7 Å². The number of nitrogens with zero attached hydrogens (tertiary/aromatic N) is 6. The number of carbonyl (C=O) groups is 2. The molecule has 46 heavy (non-hydrogen) atoms. The van der Waals surface area contributed by atoms with E-state index in [0.717, 1.165) is 24.9 Å². The maximum atomic E-state index is 15.0. The van der Waals surface area contributed by atoms with E-state index >= 15 is 0 Å². The predicted molar refractivity (Wildman–Crippen MR) is 167 cm³/mol. The first-order valence-electron chi connectivity index (χ1n) is 15.3. The van der Waals surface area contributed by atoms with Gasteiger partial charge in [-0.25, -0.2) is 14.4 Å². The highest BCUT2D eigenvalue weighted by atomic mass is 19.2. The molecule has 0 saturated carbocycles. The lowest BCUT2D eigenvalue weighted by Crippen LogP contribution is -2.54. The summed E-state index contributed by atoms with van der Waals surface area (Å²) in [4.78, 5) is 38.8. The lowest BCUT2D eigenvalue weighted by Gasteiger charge is -2.36. The van der Waals surface area contributed by atoms with Crippen LogP contribution in [0, 0.1) is 35.8 Å². The van der Waals surface area contributed by atoms with Crippen LogP contribution in [0.4, 0.5) is 20.3 Å². The van der Waals surface area contributed by atoms with Gasteiger partial charge < -0.3 is 25.2 Å². The number of rotatable bonds is 8. The first-order chi connectivity index (χ1) is 22.3. The lowest BCUT2D eigenvalue weighted by atomic mass is 10.0. The van der Waals surface area contributed by atoms with E-state index in [1.54, 1.807) is 33.7 Å². The Hall–Kier alpha value is -5.09. The Bertz CT molecular complexity index is 1830. The lowest BCUT2D eigenvalue weighted by molar-refractivity contribution is -0.134. The van der Waals surface area contributed by atoms with E-state index in [2.05, 4.69) is 27.5 Å². The number of piperazine rings is 1. The molecule has 2 aromatic carbocycles. The summed E-state index contributed by atoms with van der Waals surface area (Å²) < 4.78 is 36.1. The number of benzene rings is 2. The summed E-state index contributed by atoms with van der Waals surface area (Å²) in [5.41, 5.74) is 2.65. The van der Waals surface area contributed by atoms with Crippen LogP contribution < -0.4 is 15.4 Å². The van der Waals surface area contributed by atoms with Gasteiger partial charge in [0.05, 0.1) is 17.9 Å². The van der Waals surface area contributed by atoms with Gasteiger partial charge in [-0.1, -0.05) is 13.3 Å². The van der Waals surface area contributed by atoms with Gasteiger partial charge in [0, 0.05) is 55.4 Å². The maximum Gasteiger partial charge on any atom is 0.254 e. The maximum absolute atomic E-state index is 15.0. The number of carbonyl (C=O) groups excluding carboxylic acids is 2. The molecule has 2 aliphatic rings. The number of fused-ring (bicyclic) bond motifs is 1. The summed E-state index contributed by atoms with van der Waals surface area (Å²) in [6, 6.07) is 9.61. The van der Waals surface area contributed by atoms with E-state index in [9.17, 15) is 18.4 Å². The van der Waals surface area contributed by atoms with Crippen LogP contribution in [0.15, 0.2) is 48.9 Å². The smallest absolute Gasteiger partial charge is 0.254 e. The molecule has 2 unspecified atom stereocenters. The van der Waals surface area contributed by atoms with Crippen LogP contribution in [0.3, 0.4) is 0 Å². The van der Waals surface area contributed by atoms with Crippen molar-refractivity contribution in [3.05, 3.63) is 71.7 Å². The van der Waals surface area contributed by atoms with E-state index < -0.39 is 18.2 Å². The second kappa shape index (κ2) is 13.1. The predicted octanol–water partition coefficient (Wildman–Crippen LogP) is 4.30. The van der Waals surface area contributed by atoms with E-state index in [-0.39, 0.29) is 29.2 Å². The van der Waals surface area contributed by atoms with Crippen LogP contribution in [0.2, 0.25) is 0 Å². The molecule has 2 amide bonds. The Balaban J connectivity index is 1.13. The highest BCUT2D eigenvalue weighted by Gasteiger charge is 2.33. The number of hydrogen-bond acceptors (Lipinski definition) is 8. The minimum absolute atomic E-state index is 0.0318. The SMILES string of the molecule is CCC1CNC(C(=O)N2CCN(C(=O)c3ccc(Nc4nccn5c(-c6ccc(OCC#N)c(F)c6F)cnc45)cc3C)CC2)C1.